The van der Waals surface area contributed by atoms with Gasteiger partial charge in [0.25, 0.3) is 0 Å². The Morgan fingerprint density at radius 1 is 1.15 bits per heavy atom. The molecule has 2 fully saturated rings. The standard InChI is InChI=1S/C20H29N3O2.ClH/c1-14-5-8-16(22-19(25)15-6-7-15)11-17(14)23-18(24)12-20(13-21)9-3-2-4-10-20;/h5,8,11,15H,2-4,6-7,9-10,12-13,21H2,1H3,(H,22,25)(H,23,24);1H. The normalized spacial score (nSPS) is 18.5. The van der Waals surface area contributed by atoms with E-state index >= 15 is 0 Å². The Bertz CT molecular complexity index is 652. The number of aryl methyl sites for hydroxylation is 1. The smallest absolute Gasteiger partial charge is 0.227 e. The second-order valence-electron chi connectivity index (χ2n) is 7.78. The largest absolute Gasteiger partial charge is 0.330 e. The van der Waals surface area contributed by atoms with E-state index in [1.165, 1.54) is 6.42 Å². The Balaban J connectivity index is 0.00000243. The van der Waals surface area contributed by atoms with Crippen LogP contribution in [0.4, 0.5) is 11.4 Å². The van der Waals surface area contributed by atoms with Gasteiger partial charge in [-0.1, -0.05) is 25.3 Å². The van der Waals surface area contributed by atoms with Gasteiger partial charge in [-0.3, -0.25) is 9.59 Å². The maximum atomic E-state index is 12.6. The Morgan fingerprint density at radius 3 is 2.46 bits per heavy atom. The minimum absolute atomic E-state index is 0. The van der Waals surface area contributed by atoms with E-state index in [-0.39, 0.29) is 35.6 Å². The fourth-order valence-corrected chi connectivity index (χ4v) is 3.71. The molecule has 144 valence electrons. The van der Waals surface area contributed by atoms with E-state index in [0.29, 0.717) is 13.0 Å². The quantitative estimate of drug-likeness (QED) is 0.698. The summed E-state index contributed by atoms with van der Waals surface area (Å²) in [6.07, 6.45) is 8.05. The van der Waals surface area contributed by atoms with Crippen molar-refractivity contribution in [2.24, 2.45) is 17.1 Å². The van der Waals surface area contributed by atoms with Crippen molar-refractivity contribution in [3.63, 3.8) is 0 Å². The highest BCUT2D eigenvalue weighted by atomic mass is 35.5. The van der Waals surface area contributed by atoms with Gasteiger partial charge in [0.2, 0.25) is 11.8 Å². The number of rotatable bonds is 6. The average molecular weight is 380 g/mol. The van der Waals surface area contributed by atoms with Crippen molar-refractivity contribution in [2.75, 3.05) is 17.2 Å². The lowest BCUT2D eigenvalue weighted by atomic mass is 9.71. The Kier molecular flexibility index (Phi) is 7.07. The van der Waals surface area contributed by atoms with Crippen LogP contribution in [0.2, 0.25) is 0 Å². The molecule has 0 atom stereocenters. The highest BCUT2D eigenvalue weighted by molar-refractivity contribution is 5.96. The lowest BCUT2D eigenvalue weighted by molar-refractivity contribution is -0.119. The summed E-state index contributed by atoms with van der Waals surface area (Å²) in [5.74, 6) is 0.251. The predicted molar refractivity (Wildman–Crippen MR) is 108 cm³/mol. The van der Waals surface area contributed by atoms with Gasteiger partial charge in [0.1, 0.15) is 0 Å². The molecule has 0 heterocycles. The van der Waals surface area contributed by atoms with Gasteiger partial charge in [-0.15, -0.1) is 12.4 Å². The number of amides is 2. The topological polar surface area (TPSA) is 84.2 Å². The highest BCUT2D eigenvalue weighted by Gasteiger charge is 2.33. The van der Waals surface area contributed by atoms with Gasteiger partial charge < -0.3 is 16.4 Å². The van der Waals surface area contributed by atoms with Gasteiger partial charge in [0.15, 0.2) is 0 Å². The van der Waals surface area contributed by atoms with Gasteiger partial charge in [-0.05, 0) is 62.3 Å². The van der Waals surface area contributed by atoms with E-state index in [9.17, 15) is 9.59 Å². The minimum atomic E-state index is -0.0476. The van der Waals surface area contributed by atoms with E-state index in [1.54, 1.807) is 0 Å². The summed E-state index contributed by atoms with van der Waals surface area (Å²) in [5, 5.41) is 5.96. The molecule has 3 rings (SSSR count). The molecule has 0 saturated heterocycles. The molecule has 4 N–H and O–H groups in total. The maximum absolute atomic E-state index is 12.6. The van der Waals surface area contributed by atoms with Crippen LogP contribution in [-0.2, 0) is 9.59 Å². The summed E-state index contributed by atoms with van der Waals surface area (Å²) < 4.78 is 0. The van der Waals surface area contributed by atoms with E-state index < -0.39 is 0 Å². The first-order valence-corrected chi connectivity index (χ1v) is 9.43. The van der Waals surface area contributed by atoms with Crippen LogP contribution in [0.5, 0.6) is 0 Å². The molecule has 0 unspecified atom stereocenters. The fraction of sp³-hybridized carbons (Fsp3) is 0.600. The SMILES string of the molecule is Cc1ccc(NC(=O)C2CC2)cc1NC(=O)CC1(CN)CCCCC1.Cl. The molecule has 2 saturated carbocycles. The number of benzene rings is 1. The number of anilines is 2. The van der Waals surface area contributed by atoms with Crippen LogP contribution < -0.4 is 16.4 Å². The molecular formula is C20H30ClN3O2. The van der Waals surface area contributed by atoms with Crippen LogP contribution in [0.1, 0.15) is 56.9 Å². The number of carbonyl (C=O) groups is 2. The third-order valence-corrected chi connectivity index (χ3v) is 5.61. The number of hydrogen-bond acceptors (Lipinski definition) is 3. The third-order valence-electron chi connectivity index (χ3n) is 5.61. The van der Waals surface area contributed by atoms with Crippen LogP contribution in [0.3, 0.4) is 0 Å². The first kappa shape index (κ1) is 20.7. The second kappa shape index (κ2) is 8.87. The molecule has 1 aromatic carbocycles. The molecule has 0 aliphatic heterocycles. The second-order valence-corrected chi connectivity index (χ2v) is 7.78. The zero-order chi connectivity index (χ0) is 17.9. The van der Waals surface area contributed by atoms with Crippen LogP contribution in [0, 0.1) is 18.3 Å². The highest BCUT2D eigenvalue weighted by Crippen LogP contribution is 2.38. The van der Waals surface area contributed by atoms with Gasteiger partial charge in [-0.25, -0.2) is 0 Å². The molecule has 26 heavy (non-hydrogen) atoms. The van der Waals surface area contributed by atoms with Crippen LogP contribution in [0.15, 0.2) is 18.2 Å². The molecule has 2 aliphatic rings. The fourth-order valence-electron chi connectivity index (χ4n) is 3.71. The van der Waals surface area contributed by atoms with Crippen molar-refractivity contribution in [1.29, 1.82) is 0 Å². The van der Waals surface area contributed by atoms with E-state index in [1.807, 2.05) is 25.1 Å². The lowest BCUT2D eigenvalue weighted by Gasteiger charge is -2.35. The van der Waals surface area contributed by atoms with Crippen LogP contribution in [0.25, 0.3) is 0 Å². The van der Waals surface area contributed by atoms with Gasteiger partial charge in [0.05, 0.1) is 0 Å². The zero-order valence-corrected chi connectivity index (χ0v) is 16.3. The Hall–Kier alpha value is -1.59. The molecule has 2 amide bonds. The van der Waals surface area contributed by atoms with Crippen molar-refractivity contribution < 1.29 is 9.59 Å². The van der Waals surface area contributed by atoms with Crippen molar-refractivity contribution in [3.05, 3.63) is 23.8 Å². The van der Waals surface area contributed by atoms with E-state index in [2.05, 4.69) is 10.6 Å². The van der Waals surface area contributed by atoms with Gasteiger partial charge in [-0.2, -0.15) is 0 Å². The number of carbonyl (C=O) groups excluding carboxylic acids is 2. The summed E-state index contributed by atoms with van der Waals surface area (Å²) in [5.41, 5.74) is 8.44. The Morgan fingerprint density at radius 2 is 1.85 bits per heavy atom. The first-order valence-electron chi connectivity index (χ1n) is 9.43. The predicted octanol–water partition coefficient (Wildman–Crippen LogP) is 4.00. The summed E-state index contributed by atoms with van der Waals surface area (Å²) in [7, 11) is 0. The maximum Gasteiger partial charge on any atom is 0.227 e. The van der Waals surface area contributed by atoms with Gasteiger partial charge >= 0.3 is 0 Å². The molecule has 2 aliphatic carbocycles. The van der Waals surface area contributed by atoms with Crippen molar-refractivity contribution >= 4 is 35.6 Å². The van der Waals surface area contributed by atoms with Crippen molar-refractivity contribution in [3.8, 4) is 0 Å². The van der Waals surface area contributed by atoms with E-state index in [4.69, 9.17) is 5.73 Å². The van der Waals surface area contributed by atoms with Crippen LogP contribution >= 0.6 is 12.4 Å². The van der Waals surface area contributed by atoms with Crippen molar-refractivity contribution in [2.45, 2.75) is 58.3 Å². The summed E-state index contributed by atoms with van der Waals surface area (Å²) in [6, 6.07) is 5.66. The number of nitrogens with one attached hydrogen (secondary N) is 2. The number of halogens is 1. The number of hydrogen-bond donors (Lipinski definition) is 3. The van der Waals surface area contributed by atoms with Crippen molar-refractivity contribution in [1.82, 2.24) is 0 Å². The summed E-state index contributed by atoms with van der Waals surface area (Å²) >= 11 is 0. The molecule has 1 aromatic rings. The van der Waals surface area contributed by atoms with E-state index in [0.717, 1.165) is 55.5 Å². The molecule has 0 aromatic heterocycles. The summed E-state index contributed by atoms with van der Waals surface area (Å²) in [6.45, 7) is 2.53. The first-order chi connectivity index (χ1) is 12.0. The monoisotopic (exact) mass is 379 g/mol. The molecular weight excluding hydrogens is 350 g/mol. The van der Waals surface area contributed by atoms with Crippen LogP contribution in [-0.4, -0.2) is 18.4 Å². The molecule has 6 heteroatoms. The summed E-state index contributed by atoms with van der Waals surface area (Å²) in [4.78, 5) is 24.5. The minimum Gasteiger partial charge on any atom is -0.330 e. The molecule has 0 bridgehead atoms. The lowest BCUT2D eigenvalue weighted by Crippen LogP contribution is -2.36. The number of nitrogens with two attached hydrogens (primary N) is 1. The molecule has 5 nitrogen and oxygen atoms in total. The zero-order valence-electron chi connectivity index (χ0n) is 15.5. The molecule has 0 spiro atoms. The van der Waals surface area contributed by atoms with Gasteiger partial charge in [0, 0.05) is 23.7 Å². The molecule has 0 radical (unpaired) electrons. The Labute approximate surface area is 161 Å². The average Bonchev–Trinajstić information content (AvgIpc) is 3.44. The third kappa shape index (κ3) is 5.21.